The highest BCUT2D eigenvalue weighted by molar-refractivity contribution is 9.10. The van der Waals surface area contributed by atoms with Crippen LogP contribution in [0.4, 0.5) is 10.1 Å². The number of hydrogen-bond acceptors (Lipinski definition) is 3. The highest BCUT2D eigenvalue weighted by atomic mass is 79.9. The predicted octanol–water partition coefficient (Wildman–Crippen LogP) is 3.75. The Morgan fingerprint density at radius 3 is 2.81 bits per heavy atom. The van der Waals surface area contributed by atoms with Crippen molar-refractivity contribution in [2.75, 3.05) is 18.5 Å². The van der Waals surface area contributed by atoms with Gasteiger partial charge >= 0.3 is 0 Å². The average molecular weight is 354 g/mol. The molecule has 2 aromatic carbocycles. The Hall–Kier alpha value is -1.59. The number of aliphatic hydroxyl groups excluding tert-OH is 1. The number of ether oxygens (including phenoxy) is 1. The minimum Gasteiger partial charge on any atom is -0.491 e. The number of anilines is 1. The molecule has 2 N–H and O–H groups in total. The molecule has 2 aromatic rings. The predicted molar refractivity (Wildman–Crippen MR) is 85.3 cm³/mol. The van der Waals surface area contributed by atoms with E-state index in [4.69, 9.17) is 4.74 Å². The van der Waals surface area contributed by atoms with Gasteiger partial charge in [0.25, 0.3) is 0 Å². The Morgan fingerprint density at radius 2 is 2.10 bits per heavy atom. The minimum absolute atomic E-state index is 0.193. The zero-order valence-electron chi connectivity index (χ0n) is 11.6. The summed E-state index contributed by atoms with van der Waals surface area (Å²) in [5.41, 5.74) is 1.84. The lowest BCUT2D eigenvalue weighted by Crippen LogP contribution is -2.26. The van der Waals surface area contributed by atoms with Crippen LogP contribution >= 0.6 is 15.9 Å². The van der Waals surface area contributed by atoms with Gasteiger partial charge in [0.2, 0.25) is 0 Å². The molecule has 0 spiro atoms. The molecule has 0 aromatic heterocycles. The van der Waals surface area contributed by atoms with Crippen molar-refractivity contribution in [3.63, 3.8) is 0 Å². The fourth-order valence-corrected chi connectivity index (χ4v) is 2.18. The van der Waals surface area contributed by atoms with Crippen LogP contribution in [0.2, 0.25) is 0 Å². The van der Waals surface area contributed by atoms with Crippen LogP contribution in [0, 0.1) is 12.7 Å². The van der Waals surface area contributed by atoms with Gasteiger partial charge in [-0.15, -0.1) is 0 Å². The van der Waals surface area contributed by atoms with Crippen molar-refractivity contribution >= 4 is 21.6 Å². The molecule has 0 aliphatic heterocycles. The Morgan fingerprint density at radius 1 is 1.29 bits per heavy atom. The van der Waals surface area contributed by atoms with E-state index >= 15 is 0 Å². The average Bonchev–Trinajstić information content (AvgIpc) is 2.46. The summed E-state index contributed by atoms with van der Waals surface area (Å²) < 4.78 is 19.0. The van der Waals surface area contributed by atoms with Gasteiger partial charge in [-0.25, -0.2) is 4.39 Å². The fraction of sp³-hybridized carbons (Fsp3) is 0.250. The lowest BCUT2D eigenvalue weighted by atomic mass is 10.2. The largest absolute Gasteiger partial charge is 0.491 e. The summed E-state index contributed by atoms with van der Waals surface area (Å²) in [6, 6.07) is 12.3. The van der Waals surface area contributed by atoms with E-state index < -0.39 is 6.10 Å². The van der Waals surface area contributed by atoms with Gasteiger partial charge in [0.05, 0.1) is 4.47 Å². The number of benzene rings is 2. The van der Waals surface area contributed by atoms with E-state index in [1.165, 1.54) is 6.07 Å². The summed E-state index contributed by atoms with van der Waals surface area (Å²) in [7, 11) is 0. The molecule has 2 rings (SSSR count). The molecule has 0 aliphatic carbocycles. The van der Waals surface area contributed by atoms with Gasteiger partial charge in [0, 0.05) is 12.2 Å². The maximum absolute atomic E-state index is 13.1. The third-order valence-corrected chi connectivity index (χ3v) is 3.50. The molecule has 0 saturated carbocycles. The lowest BCUT2D eigenvalue weighted by molar-refractivity contribution is 0.117. The van der Waals surface area contributed by atoms with Crippen LogP contribution < -0.4 is 10.1 Å². The van der Waals surface area contributed by atoms with Crippen LogP contribution in [0.1, 0.15) is 5.56 Å². The summed E-state index contributed by atoms with van der Waals surface area (Å²) >= 11 is 3.12. The second-order valence-corrected chi connectivity index (χ2v) is 5.65. The van der Waals surface area contributed by atoms with Crippen molar-refractivity contribution in [2.24, 2.45) is 0 Å². The molecule has 0 aliphatic rings. The number of aryl methyl sites for hydroxylation is 1. The van der Waals surface area contributed by atoms with E-state index in [1.807, 2.05) is 31.2 Å². The smallest absolute Gasteiger partial charge is 0.137 e. The van der Waals surface area contributed by atoms with Crippen LogP contribution in [0.3, 0.4) is 0 Å². The van der Waals surface area contributed by atoms with Crippen molar-refractivity contribution in [1.29, 1.82) is 0 Å². The van der Waals surface area contributed by atoms with Crippen LogP contribution in [0.15, 0.2) is 46.9 Å². The van der Waals surface area contributed by atoms with E-state index in [1.54, 1.807) is 12.1 Å². The Kier molecular flexibility index (Phi) is 5.59. The van der Waals surface area contributed by atoms with E-state index in [9.17, 15) is 9.50 Å². The molecular formula is C16H17BrFNO2. The standard InChI is InChI=1S/C16H17BrFNO2/c1-11-3-2-4-14(7-11)21-10-13(20)9-19-12-5-6-16(18)15(17)8-12/h2-8,13,19-20H,9-10H2,1H3. The topological polar surface area (TPSA) is 41.5 Å². The fourth-order valence-electron chi connectivity index (χ4n) is 1.80. The molecule has 0 saturated heterocycles. The second kappa shape index (κ2) is 7.43. The highest BCUT2D eigenvalue weighted by Gasteiger charge is 2.06. The summed E-state index contributed by atoms with van der Waals surface area (Å²) in [6.45, 7) is 2.50. The summed E-state index contributed by atoms with van der Waals surface area (Å²) in [5, 5.41) is 12.9. The maximum Gasteiger partial charge on any atom is 0.137 e. The van der Waals surface area contributed by atoms with Gasteiger partial charge in [0.15, 0.2) is 0 Å². The van der Waals surface area contributed by atoms with Crippen molar-refractivity contribution < 1.29 is 14.2 Å². The van der Waals surface area contributed by atoms with E-state index in [2.05, 4.69) is 21.2 Å². The Bertz CT molecular complexity index is 607. The number of hydrogen-bond donors (Lipinski definition) is 2. The number of nitrogens with one attached hydrogen (secondary N) is 1. The van der Waals surface area contributed by atoms with Crippen molar-refractivity contribution in [3.05, 3.63) is 58.3 Å². The zero-order chi connectivity index (χ0) is 15.2. The molecule has 3 nitrogen and oxygen atoms in total. The minimum atomic E-state index is -0.658. The second-order valence-electron chi connectivity index (χ2n) is 4.79. The lowest BCUT2D eigenvalue weighted by Gasteiger charge is -2.14. The van der Waals surface area contributed by atoms with Crippen molar-refractivity contribution in [1.82, 2.24) is 0 Å². The van der Waals surface area contributed by atoms with Crippen LogP contribution in [-0.4, -0.2) is 24.4 Å². The van der Waals surface area contributed by atoms with Crippen molar-refractivity contribution in [3.8, 4) is 5.75 Å². The summed E-state index contributed by atoms with van der Waals surface area (Å²) in [6.07, 6.45) is -0.658. The molecule has 0 amide bonds. The monoisotopic (exact) mass is 353 g/mol. The van der Waals surface area contributed by atoms with Gasteiger partial charge in [-0.3, -0.25) is 0 Å². The molecule has 0 bridgehead atoms. The SMILES string of the molecule is Cc1cccc(OCC(O)CNc2ccc(F)c(Br)c2)c1. The first-order valence-electron chi connectivity index (χ1n) is 6.61. The molecule has 0 heterocycles. The Labute approximate surface area is 131 Å². The Balaban J connectivity index is 1.79. The van der Waals surface area contributed by atoms with Crippen LogP contribution in [0.5, 0.6) is 5.75 Å². The maximum atomic E-state index is 13.1. The molecule has 5 heteroatoms. The first-order chi connectivity index (χ1) is 10.0. The molecule has 0 fully saturated rings. The summed E-state index contributed by atoms with van der Waals surface area (Å²) in [4.78, 5) is 0. The van der Waals surface area contributed by atoms with Gasteiger partial charge in [-0.1, -0.05) is 12.1 Å². The van der Waals surface area contributed by atoms with Crippen LogP contribution in [0.25, 0.3) is 0 Å². The van der Waals surface area contributed by atoms with Gasteiger partial charge < -0.3 is 15.2 Å². The van der Waals surface area contributed by atoms with Crippen LogP contribution in [-0.2, 0) is 0 Å². The molecule has 21 heavy (non-hydrogen) atoms. The van der Waals surface area contributed by atoms with Crippen molar-refractivity contribution in [2.45, 2.75) is 13.0 Å². The first kappa shape index (κ1) is 15.8. The van der Waals surface area contributed by atoms with E-state index in [-0.39, 0.29) is 12.4 Å². The van der Waals surface area contributed by atoms with E-state index in [0.29, 0.717) is 11.0 Å². The molecule has 112 valence electrons. The summed E-state index contributed by atoms with van der Waals surface area (Å²) in [5.74, 6) is 0.419. The third-order valence-electron chi connectivity index (χ3n) is 2.89. The highest BCUT2D eigenvalue weighted by Crippen LogP contribution is 2.20. The number of rotatable bonds is 6. The first-order valence-corrected chi connectivity index (χ1v) is 7.40. The number of aliphatic hydroxyl groups is 1. The molecule has 1 atom stereocenters. The normalized spacial score (nSPS) is 12.0. The third kappa shape index (κ3) is 5.02. The molecule has 0 radical (unpaired) electrons. The number of halogens is 2. The van der Waals surface area contributed by atoms with Gasteiger partial charge in [-0.05, 0) is 58.7 Å². The quantitative estimate of drug-likeness (QED) is 0.830. The van der Waals surface area contributed by atoms with Gasteiger partial charge in [-0.2, -0.15) is 0 Å². The van der Waals surface area contributed by atoms with E-state index in [0.717, 1.165) is 17.0 Å². The molecular weight excluding hydrogens is 337 g/mol. The zero-order valence-corrected chi connectivity index (χ0v) is 13.2. The molecule has 1 unspecified atom stereocenters. The van der Waals surface area contributed by atoms with Gasteiger partial charge in [0.1, 0.15) is 24.3 Å².